The van der Waals surface area contributed by atoms with Crippen molar-refractivity contribution in [2.75, 3.05) is 0 Å². The number of primary amides is 1. The van der Waals surface area contributed by atoms with Gasteiger partial charge in [0.05, 0.1) is 6.04 Å². The second-order valence-corrected chi connectivity index (χ2v) is 5.80. The van der Waals surface area contributed by atoms with Crippen LogP contribution in [0.25, 0.3) is 0 Å². The first-order chi connectivity index (χ1) is 11.5. The van der Waals surface area contributed by atoms with Crippen molar-refractivity contribution in [1.29, 1.82) is 0 Å². The van der Waals surface area contributed by atoms with Crippen molar-refractivity contribution in [1.82, 2.24) is 5.32 Å². The number of amides is 2. The first-order valence-electron chi connectivity index (χ1n) is 7.93. The van der Waals surface area contributed by atoms with Crippen LogP contribution in [0.3, 0.4) is 0 Å². The van der Waals surface area contributed by atoms with Gasteiger partial charge in [-0.25, -0.2) is 0 Å². The number of phenols is 1. The number of aromatic hydroxyl groups is 1. The van der Waals surface area contributed by atoms with Crippen molar-refractivity contribution in [2.45, 2.75) is 32.2 Å². The molecule has 0 radical (unpaired) electrons. The van der Waals surface area contributed by atoms with Crippen molar-refractivity contribution in [3.05, 3.63) is 65.2 Å². The molecule has 2 amide bonds. The average molecular weight is 326 g/mol. The molecule has 0 aliphatic heterocycles. The van der Waals surface area contributed by atoms with Gasteiger partial charge in [0, 0.05) is 12.0 Å². The van der Waals surface area contributed by atoms with Gasteiger partial charge in [-0.2, -0.15) is 0 Å². The lowest BCUT2D eigenvalue weighted by atomic mass is 10.0. The van der Waals surface area contributed by atoms with Crippen LogP contribution in [-0.4, -0.2) is 16.9 Å². The van der Waals surface area contributed by atoms with Crippen molar-refractivity contribution in [3.63, 3.8) is 0 Å². The molecule has 2 aromatic carbocycles. The van der Waals surface area contributed by atoms with Crippen LogP contribution in [0.1, 0.15) is 47.3 Å². The molecule has 0 saturated carbocycles. The smallest absolute Gasteiger partial charge is 0.248 e. The summed E-state index contributed by atoms with van der Waals surface area (Å²) in [4.78, 5) is 23.1. The van der Waals surface area contributed by atoms with Crippen LogP contribution in [0.2, 0.25) is 0 Å². The molecule has 0 aliphatic carbocycles. The van der Waals surface area contributed by atoms with E-state index in [0.717, 1.165) is 24.0 Å². The molecule has 126 valence electrons. The van der Waals surface area contributed by atoms with Gasteiger partial charge in [0.25, 0.3) is 0 Å². The molecular formula is C19H22N2O3. The third kappa shape index (κ3) is 5.12. The fourth-order valence-corrected chi connectivity index (χ4v) is 2.45. The Morgan fingerprint density at radius 3 is 2.29 bits per heavy atom. The Balaban J connectivity index is 1.78. The highest BCUT2D eigenvalue weighted by atomic mass is 16.3. The van der Waals surface area contributed by atoms with Gasteiger partial charge >= 0.3 is 0 Å². The summed E-state index contributed by atoms with van der Waals surface area (Å²) in [6, 6.07) is 13.8. The van der Waals surface area contributed by atoms with Crippen LogP contribution >= 0.6 is 0 Å². The number of rotatable bonds is 7. The minimum Gasteiger partial charge on any atom is -0.508 e. The van der Waals surface area contributed by atoms with E-state index in [4.69, 9.17) is 5.73 Å². The topological polar surface area (TPSA) is 92.4 Å². The number of aryl methyl sites for hydroxylation is 1. The van der Waals surface area contributed by atoms with E-state index in [1.165, 1.54) is 0 Å². The zero-order valence-corrected chi connectivity index (χ0v) is 13.7. The summed E-state index contributed by atoms with van der Waals surface area (Å²) >= 11 is 0. The first kappa shape index (κ1) is 17.5. The van der Waals surface area contributed by atoms with Gasteiger partial charge < -0.3 is 16.2 Å². The molecule has 5 nitrogen and oxygen atoms in total. The minimum atomic E-state index is -0.465. The lowest BCUT2D eigenvalue weighted by molar-refractivity contribution is -0.121. The van der Waals surface area contributed by atoms with Gasteiger partial charge in [-0.3, -0.25) is 9.59 Å². The van der Waals surface area contributed by atoms with Gasteiger partial charge in [-0.15, -0.1) is 0 Å². The number of phenolic OH excluding ortho intramolecular Hbond substituents is 1. The number of benzene rings is 2. The molecule has 0 bridgehead atoms. The van der Waals surface area contributed by atoms with E-state index < -0.39 is 5.91 Å². The molecule has 0 spiro atoms. The second-order valence-electron chi connectivity index (χ2n) is 5.80. The maximum Gasteiger partial charge on any atom is 0.248 e. The monoisotopic (exact) mass is 326 g/mol. The molecule has 4 N–H and O–H groups in total. The molecule has 0 aromatic heterocycles. The third-order valence-electron chi connectivity index (χ3n) is 3.88. The average Bonchev–Trinajstić information content (AvgIpc) is 2.56. The molecule has 0 heterocycles. The number of carbonyl (C=O) groups excluding carboxylic acids is 2. The normalized spacial score (nSPS) is 11.7. The van der Waals surface area contributed by atoms with Gasteiger partial charge in [0.2, 0.25) is 11.8 Å². The van der Waals surface area contributed by atoms with Crippen LogP contribution in [-0.2, 0) is 11.2 Å². The van der Waals surface area contributed by atoms with Crippen molar-refractivity contribution in [3.8, 4) is 5.75 Å². The summed E-state index contributed by atoms with van der Waals surface area (Å²) in [6.07, 6.45) is 1.96. The summed E-state index contributed by atoms with van der Waals surface area (Å²) < 4.78 is 0. The zero-order chi connectivity index (χ0) is 17.5. The van der Waals surface area contributed by atoms with E-state index >= 15 is 0 Å². The number of hydrogen-bond acceptors (Lipinski definition) is 3. The van der Waals surface area contributed by atoms with Crippen molar-refractivity contribution < 1.29 is 14.7 Å². The first-order valence-corrected chi connectivity index (χ1v) is 7.93. The molecule has 1 atom stereocenters. The van der Waals surface area contributed by atoms with E-state index in [1.807, 2.05) is 19.1 Å². The minimum absolute atomic E-state index is 0.0137. The second kappa shape index (κ2) is 8.15. The summed E-state index contributed by atoms with van der Waals surface area (Å²) in [7, 11) is 0. The zero-order valence-electron chi connectivity index (χ0n) is 13.7. The number of nitrogens with one attached hydrogen (secondary N) is 1. The molecule has 0 aliphatic rings. The Bertz CT molecular complexity index is 694. The SMILES string of the molecule is CC(NC(=O)CCCc1ccc(O)cc1)c1ccc(C(N)=O)cc1. The highest BCUT2D eigenvalue weighted by molar-refractivity contribution is 5.92. The molecule has 1 unspecified atom stereocenters. The van der Waals surface area contributed by atoms with E-state index in [2.05, 4.69) is 5.32 Å². The largest absolute Gasteiger partial charge is 0.508 e. The predicted octanol–water partition coefficient (Wildman–Crippen LogP) is 2.69. The molecule has 2 rings (SSSR count). The highest BCUT2D eigenvalue weighted by Crippen LogP contribution is 2.15. The maximum absolute atomic E-state index is 12.0. The maximum atomic E-state index is 12.0. The quantitative estimate of drug-likeness (QED) is 0.730. The summed E-state index contributed by atoms with van der Waals surface area (Å²) in [6.45, 7) is 1.90. The summed E-state index contributed by atoms with van der Waals surface area (Å²) in [5, 5.41) is 12.2. The molecule has 0 fully saturated rings. The van der Waals surface area contributed by atoms with Crippen molar-refractivity contribution >= 4 is 11.8 Å². The van der Waals surface area contributed by atoms with Crippen LogP contribution in [0.15, 0.2) is 48.5 Å². The van der Waals surface area contributed by atoms with Gasteiger partial charge in [0.15, 0.2) is 0 Å². The molecule has 24 heavy (non-hydrogen) atoms. The molecule has 5 heteroatoms. The standard InChI is InChI=1S/C19H22N2O3/c1-13(15-7-9-16(10-8-15)19(20)24)21-18(23)4-2-3-14-5-11-17(22)12-6-14/h5-13,22H,2-4H2,1H3,(H2,20,24)(H,21,23). The van der Waals surface area contributed by atoms with Gasteiger partial charge in [-0.05, 0) is 55.2 Å². The summed E-state index contributed by atoms with van der Waals surface area (Å²) in [5.74, 6) is -0.236. The highest BCUT2D eigenvalue weighted by Gasteiger charge is 2.10. The molecule has 2 aromatic rings. The Morgan fingerprint density at radius 2 is 1.71 bits per heavy atom. The lowest BCUT2D eigenvalue weighted by Gasteiger charge is -2.14. The molecular weight excluding hydrogens is 304 g/mol. The molecule has 0 saturated heterocycles. The number of hydrogen-bond donors (Lipinski definition) is 3. The van der Waals surface area contributed by atoms with Crippen LogP contribution in [0.4, 0.5) is 0 Å². The van der Waals surface area contributed by atoms with E-state index in [0.29, 0.717) is 12.0 Å². The van der Waals surface area contributed by atoms with Crippen molar-refractivity contribution in [2.24, 2.45) is 5.73 Å². The van der Waals surface area contributed by atoms with Crippen LogP contribution in [0.5, 0.6) is 5.75 Å². The number of carbonyl (C=O) groups is 2. The van der Waals surface area contributed by atoms with Gasteiger partial charge in [0.1, 0.15) is 5.75 Å². The van der Waals surface area contributed by atoms with E-state index in [9.17, 15) is 14.7 Å². The Hall–Kier alpha value is -2.82. The summed E-state index contributed by atoms with van der Waals surface area (Å²) in [5.41, 5.74) is 7.68. The fraction of sp³-hybridized carbons (Fsp3) is 0.263. The van der Waals surface area contributed by atoms with E-state index in [-0.39, 0.29) is 17.7 Å². The number of nitrogens with two attached hydrogens (primary N) is 1. The lowest BCUT2D eigenvalue weighted by Crippen LogP contribution is -2.26. The Morgan fingerprint density at radius 1 is 1.08 bits per heavy atom. The Kier molecular flexibility index (Phi) is 5.95. The van der Waals surface area contributed by atoms with E-state index in [1.54, 1.807) is 36.4 Å². The van der Waals surface area contributed by atoms with Crippen LogP contribution in [0, 0.1) is 0 Å². The third-order valence-corrected chi connectivity index (χ3v) is 3.88. The van der Waals surface area contributed by atoms with Crippen LogP contribution < -0.4 is 11.1 Å². The predicted molar refractivity (Wildman–Crippen MR) is 92.6 cm³/mol. The fourth-order valence-electron chi connectivity index (χ4n) is 2.45. The Labute approximate surface area is 141 Å². The van der Waals surface area contributed by atoms with Gasteiger partial charge in [-0.1, -0.05) is 24.3 Å².